The number of hydrogen-bond acceptors (Lipinski definition) is 0. The molecule has 0 atom stereocenters. The average molecular weight is 243 g/mol. The second-order valence-corrected chi connectivity index (χ2v) is 5.01. The predicted octanol–water partition coefficient (Wildman–Crippen LogP) is 4.87. The molecule has 0 aliphatic carbocycles. The molecule has 0 bridgehead atoms. The molecule has 0 nitrogen and oxygen atoms in total. The van der Waals surface area contributed by atoms with Gasteiger partial charge in [0.15, 0.2) is 0 Å². The van der Waals surface area contributed by atoms with Crippen molar-refractivity contribution in [3.8, 4) is 0 Å². The lowest BCUT2D eigenvalue weighted by Gasteiger charge is -2.15. The summed E-state index contributed by atoms with van der Waals surface area (Å²) in [6.07, 6.45) is -3.60. The average Bonchev–Trinajstić information content (AvgIpc) is 2.14. The lowest BCUT2D eigenvalue weighted by Crippen LogP contribution is -2.08. The van der Waals surface area contributed by atoms with Crippen molar-refractivity contribution in [1.82, 2.24) is 0 Å². The van der Waals surface area contributed by atoms with Crippen LogP contribution in [0.5, 0.6) is 0 Å². The second-order valence-electron chi connectivity index (χ2n) is 5.01. The molecule has 1 aromatic rings. The Morgan fingerprint density at radius 1 is 1.12 bits per heavy atom. The van der Waals surface area contributed by atoms with E-state index in [1.54, 1.807) is 0 Å². The summed E-state index contributed by atoms with van der Waals surface area (Å²) in [5, 5.41) is 0. The maximum Gasteiger partial charge on any atom is 0.416 e. The third kappa shape index (κ3) is 4.06. The van der Waals surface area contributed by atoms with Gasteiger partial charge in [-0.1, -0.05) is 33.8 Å². The molecule has 1 rings (SSSR count). The molecule has 95 valence electrons. The van der Waals surface area contributed by atoms with Crippen molar-refractivity contribution in [2.75, 3.05) is 0 Å². The van der Waals surface area contributed by atoms with Gasteiger partial charge in [0.25, 0.3) is 0 Å². The van der Waals surface area contributed by atoms with Crippen molar-refractivity contribution in [3.63, 3.8) is 0 Å². The van der Waals surface area contributed by atoms with Gasteiger partial charge in [0.1, 0.15) is 0 Å². The predicted molar refractivity (Wildman–Crippen MR) is 63.7 cm³/mol. The number of halogens is 3. The van der Waals surface area contributed by atoms with Crippen LogP contribution >= 0.6 is 0 Å². The molecule has 0 N–H and O–H groups in total. The fraction of sp³-hybridized carbons (Fsp3) is 0.500. The highest BCUT2D eigenvalue weighted by atomic mass is 19.4. The molecule has 0 saturated heterocycles. The lowest BCUT2D eigenvalue weighted by molar-refractivity contribution is -0.137. The molecular weight excluding hydrogens is 225 g/mol. The SMILES string of the molecule is C[C](C)c1cc(CC(C)C)cc(C(F)(F)F)c1. The highest BCUT2D eigenvalue weighted by Crippen LogP contribution is 2.32. The van der Waals surface area contributed by atoms with E-state index in [9.17, 15) is 13.2 Å². The molecule has 0 heterocycles. The molecule has 0 fully saturated rings. The molecule has 0 aliphatic heterocycles. The van der Waals surface area contributed by atoms with Crippen LogP contribution in [0.15, 0.2) is 18.2 Å². The van der Waals surface area contributed by atoms with Crippen molar-refractivity contribution in [2.24, 2.45) is 5.92 Å². The van der Waals surface area contributed by atoms with Crippen LogP contribution in [-0.2, 0) is 12.6 Å². The minimum Gasteiger partial charge on any atom is -0.166 e. The summed E-state index contributed by atoms with van der Waals surface area (Å²) in [6, 6.07) is 4.33. The molecule has 1 radical (unpaired) electrons. The summed E-state index contributed by atoms with van der Waals surface area (Å²) in [5.74, 6) is 1.25. The highest BCUT2D eigenvalue weighted by Gasteiger charge is 2.31. The van der Waals surface area contributed by atoms with Crippen LogP contribution in [0.1, 0.15) is 44.4 Å². The summed E-state index contributed by atoms with van der Waals surface area (Å²) in [7, 11) is 0. The zero-order valence-electron chi connectivity index (χ0n) is 10.7. The molecule has 0 aliphatic rings. The largest absolute Gasteiger partial charge is 0.416 e. The van der Waals surface area contributed by atoms with Gasteiger partial charge in [0.2, 0.25) is 0 Å². The van der Waals surface area contributed by atoms with Gasteiger partial charge in [-0.3, -0.25) is 0 Å². The molecule has 1 aromatic carbocycles. The summed E-state index contributed by atoms with van der Waals surface area (Å²) < 4.78 is 38.2. The van der Waals surface area contributed by atoms with Crippen molar-refractivity contribution >= 4 is 0 Å². The summed E-state index contributed by atoms with van der Waals surface area (Å²) >= 11 is 0. The van der Waals surface area contributed by atoms with Gasteiger partial charge in [0, 0.05) is 0 Å². The molecule has 0 spiro atoms. The van der Waals surface area contributed by atoms with Gasteiger partial charge in [0.05, 0.1) is 5.56 Å². The normalized spacial score (nSPS) is 12.5. The molecule has 0 amide bonds. The Bertz CT molecular complexity index is 376. The van der Waals surface area contributed by atoms with Crippen LogP contribution in [0.2, 0.25) is 0 Å². The molecule has 0 saturated carbocycles. The van der Waals surface area contributed by atoms with E-state index in [1.165, 1.54) is 12.1 Å². The fourth-order valence-corrected chi connectivity index (χ4v) is 1.73. The Labute approximate surface area is 101 Å². The first-order valence-electron chi connectivity index (χ1n) is 5.72. The van der Waals surface area contributed by atoms with Gasteiger partial charge in [-0.25, -0.2) is 0 Å². The Morgan fingerprint density at radius 3 is 2.12 bits per heavy atom. The van der Waals surface area contributed by atoms with E-state index in [-0.39, 0.29) is 0 Å². The van der Waals surface area contributed by atoms with Crippen LogP contribution in [0, 0.1) is 11.8 Å². The topological polar surface area (TPSA) is 0 Å². The van der Waals surface area contributed by atoms with E-state index in [4.69, 9.17) is 0 Å². The molecular formula is C14H18F3. The molecule has 17 heavy (non-hydrogen) atoms. The smallest absolute Gasteiger partial charge is 0.166 e. The second kappa shape index (κ2) is 5.11. The fourth-order valence-electron chi connectivity index (χ4n) is 1.73. The van der Waals surface area contributed by atoms with Gasteiger partial charge < -0.3 is 0 Å². The summed E-state index contributed by atoms with van der Waals surface area (Å²) in [4.78, 5) is 0. The lowest BCUT2D eigenvalue weighted by atomic mass is 9.94. The number of hydrogen-bond donors (Lipinski definition) is 0. The van der Waals surface area contributed by atoms with E-state index in [0.717, 1.165) is 11.5 Å². The van der Waals surface area contributed by atoms with Crippen LogP contribution in [0.25, 0.3) is 0 Å². The van der Waals surface area contributed by atoms with Crippen molar-refractivity contribution < 1.29 is 13.2 Å². The maximum absolute atomic E-state index is 12.7. The van der Waals surface area contributed by atoms with E-state index in [2.05, 4.69) is 0 Å². The van der Waals surface area contributed by atoms with E-state index in [1.807, 2.05) is 33.8 Å². The van der Waals surface area contributed by atoms with Crippen LogP contribution in [-0.4, -0.2) is 0 Å². The van der Waals surface area contributed by atoms with Gasteiger partial charge in [-0.05, 0) is 41.5 Å². The summed E-state index contributed by atoms with van der Waals surface area (Å²) in [5.41, 5.74) is 0.883. The van der Waals surface area contributed by atoms with E-state index < -0.39 is 11.7 Å². The maximum atomic E-state index is 12.7. The Balaban J connectivity index is 3.19. The highest BCUT2D eigenvalue weighted by molar-refractivity contribution is 5.38. The first-order chi connectivity index (χ1) is 7.70. The molecule has 0 aromatic heterocycles. The summed E-state index contributed by atoms with van der Waals surface area (Å²) in [6.45, 7) is 7.66. The quantitative estimate of drug-likeness (QED) is 0.710. The zero-order chi connectivity index (χ0) is 13.2. The van der Waals surface area contributed by atoms with Crippen molar-refractivity contribution in [3.05, 3.63) is 40.8 Å². The van der Waals surface area contributed by atoms with E-state index >= 15 is 0 Å². The number of alkyl halides is 3. The van der Waals surface area contributed by atoms with E-state index in [0.29, 0.717) is 17.9 Å². The number of rotatable bonds is 3. The minimum absolute atomic E-state index is 0.350. The minimum atomic E-state index is -4.27. The van der Waals surface area contributed by atoms with Crippen molar-refractivity contribution in [1.29, 1.82) is 0 Å². The van der Waals surface area contributed by atoms with Crippen molar-refractivity contribution in [2.45, 2.75) is 40.3 Å². The molecule has 0 unspecified atom stereocenters. The molecule has 3 heteroatoms. The van der Waals surface area contributed by atoms with Crippen LogP contribution < -0.4 is 0 Å². The Kier molecular flexibility index (Phi) is 4.23. The Morgan fingerprint density at radius 2 is 1.71 bits per heavy atom. The van der Waals surface area contributed by atoms with Crippen LogP contribution in [0.3, 0.4) is 0 Å². The van der Waals surface area contributed by atoms with Gasteiger partial charge >= 0.3 is 6.18 Å². The monoisotopic (exact) mass is 243 g/mol. The Hall–Kier alpha value is -0.990. The standard InChI is InChI=1S/C14H18F3/c1-9(2)5-11-6-12(10(3)4)8-13(7-11)14(15,16)17/h6-9H,5H2,1-4H3. The van der Waals surface area contributed by atoms with Gasteiger partial charge in [-0.2, -0.15) is 13.2 Å². The van der Waals surface area contributed by atoms with Crippen LogP contribution in [0.4, 0.5) is 13.2 Å². The zero-order valence-corrected chi connectivity index (χ0v) is 10.7. The van der Waals surface area contributed by atoms with Gasteiger partial charge in [-0.15, -0.1) is 0 Å². The third-order valence-corrected chi connectivity index (χ3v) is 2.54. The number of benzene rings is 1. The third-order valence-electron chi connectivity index (χ3n) is 2.54. The first-order valence-corrected chi connectivity index (χ1v) is 5.72. The first kappa shape index (κ1) is 14.1.